The molecule has 0 saturated carbocycles. The standard InChI is InChI=1S/C14H26O/c1-6-8-11-15-14(12(3)4)10-9-13(5)7-2/h7,13H,2,6,8-11H2,1,3-5H3. The zero-order valence-corrected chi connectivity index (χ0v) is 10.8. The van der Waals surface area contributed by atoms with E-state index in [4.69, 9.17) is 4.74 Å². The largest absolute Gasteiger partial charge is 0.498 e. The molecule has 1 heteroatoms. The second-order valence-corrected chi connectivity index (χ2v) is 4.38. The summed E-state index contributed by atoms with van der Waals surface area (Å²) in [6, 6.07) is 0. The van der Waals surface area contributed by atoms with Gasteiger partial charge in [-0.15, -0.1) is 6.58 Å². The van der Waals surface area contributed by atoms with Gasteiger partial charge in [0.1, 0.15) is 0 Å². The molecule has 88 valence electrons. The lowest BCUT2D eigenvalue weighted by molar-refractivity contribution is 0.191. The Morgan fingerprint density at radius 1 is 1.40 bits per heavy atom. The van der Waals surface area contributed by atoms with Crippen molar-refractivity contribution >= 4 is 0 Å². The molecule has 0 aliphatic heterocycles. The second kappa shape index (κ2) is 8.58. The Morgan fingerprint density at radius 3 is 2.53 bits per heavy atom. The predicted molar refractivity (Wildman–Crippen MR) is 67.8 cm³/mol. The lowest BCUT2D eigenvalue weighted by atomic mass is 10.0. The average molecular weight is 210 g/mol. The predicted octanol–water partition coefficient (Wildman–Crippen LogP) is 4.70. The Morgan fingerprint density at radius 2 is 2.07 bits per heavy atom. The number of ether oxygens (including phenoxy) is 1. The van der Waals surface area contributed by atoms with Crippen LogP contribution in [0.25, 0.3) is 0 Å². The van der Waals surface area contributed by atoms with Crippen molar-refractivity contribution in [2.24, 2.45) is 5.92 Å². The first-order valence-electron chi connectivity index (χ1n) is 6.03. The highest BCUT2D eigenvalue weighted by Gasteiger charge is 2.04. The number of unbranched alkanes of at least 4 members (excludes halogenated alkanes) is 1. The van der Waals surface area contributed by atoms with E-state index in [2.05, 4.69) is 34.3 Å². The minimum Gasteiger partial charge on any atom is -0.498 e. The summed E-state index contributed by atoms with van der Waals surface area (Å²) in [5.74, 6) is 1.76. The topological polar surface area (TPSA) is 9.23 Å². The van der Waals surface area contributed by atoms with Crippen molar-refractivity contribution in [3.63, 3.8) is 0 Å². The summed E-state index contributed by atoms with van der Waals surface area (Å²) < 4.78 is 5.78. The van der Waals surface area contributed by atoms with Gasteiger partial charge < -0.3 is 4.74 Å². The smallest absolute Gasteiger partial charge is 0.0946 e. The van der Waals surface area contributed by atoms with Gasteiger partial charge in [0.05, 0.1) is 12.4 Å². The molecule has 0 heterocycles. The Bertz CT molecular complexity index is 199. The van der Waals surface area contributed by atoms with E-state index < -0.39 is 0 Å². The fourth-order valence-electron chi connectivity index (χ4n) is 1.28. The zero-order valence-electron chi connectivity index (χ0n) is 10.8. The molecule has 15 heavy (non-hydrogen) atoms. The van der Waals surface area contributed by atoms with Crippen LogP contribution in [0.4, 0.5) is 0 Å². The summed E-state index contributed by atoms with van der Waals surface area (Å²) in [6.45, 7) is 13.3. The van der Waals surface area contributed by atoms with E-state index in [9.17, 15) is 0 Å². The van der Waals surface area contributed by atoms with Crippen molar-refractivity contribution in [2.45, 2.75) is 53.4 Å². The lowest BCUT2D eigenvalue weighted by Crippen LogP contribution is -1.99. The van der Waals surface area contributed by atoms with Crippen LogP contribution in [0.5, 0.6) is 0 Å². The van der Waals surface area contributed by atoms with Crippen molar-refractivity contribution in [3.8, 4) is 0 Å². The van der Waals surface area contributed by atoms with Gasteiger partial charge in [-0.1, -0.05) is 26.3 Å². The first-order valence-corrected chi connectivity index (χ1v) is 6.03. The molecule has 0 rings (SSSR count). The van der Waals surface area contributed by atoms with Gasteiger partial charge in [-0.2, -0.15) is 0 Å². The van der Waals surface area contributed by atoms with Crippen LogP contribution in [0.1, 0.15) is 53.4 Å². The molecule has 0 radical (unpaired) electrons. The van der Waals surface area contributed by atoms with Crippen molar-refractivity contribution in [3.05, 3.63) is 24.0 Å². The normalized spacial score (nSPS) is 12.0. The Labute approximate surface area is 95.2 Å². The maximum absolute atomic E-state index is 5.78. The Kier molecular flexibility index (Phi) is 8.17. The maximum atomic E-state index is 5.78. The molecule has 1 atom stereocenters. The molecule has 0 aliphatic rings. The second-order valence-electron chi connectivity index (χ2n) is 4.38. The molecule has 0 aromatic heterocycles. The molecule has 0 aliphatic carbocycles. The average Bonchev–Trinajstić information content (AvgIpc) is 2.22. The third-order valence-corrected chi connectivity index (χ3v) is 2.56. The third kappa shape index (κ3) is 7.24. The molecule has 0 aromatic rings. The fourth-order valence-corrected chi connectivity index (χ4v) is 1.28. The zero-order chi connectivity index (χ0) is 11.7. The van der Waals surface area contributed by atoms with Crippen molar-refractivity contribution in [1.82, 2.24) is 0 Å². The van der Waals surface area contributed by atoms with Crippen LogP contribution in [-0.2, 0) is 4.74 Å². The quantitative estimate of drug-likeness (QED) is 0.320. The van der Waals surface area contributed by atoms with Crippen molar-refractivity contribution in [1.29, 1.82) is 0 Å². The van der Waals surface area contributed by atoms with Gasteiger partial charge in [-0.3, -0.25) is 0 Å². The Balaban J connectivity index is 3.96. The minimum absolute atomic E-state index is 0.578. The highest BCUT2D eigenvalue weighted by molar-refractivity contribution is 5.03. The van der Waals surface area contributed by atoms with Gasteiger partial charge in [-0.25, -0.2) is 0 Å². The van der Waals surface area contributed by atoms with Crippen LogP contribution in [0.3, 0.4) is 0 Å². The van der Waals surface area contributed by atoms with Gasteiger partial charge in [-0.05, 0) is 38.2 Å². The first kappa shape index (κ1) is 14.3. The maximum Gasteiger partial charge on any atom is 0.0946 e. The molecule has 0 aromatic carbocycles. The highest BCUT2D eigenvalue weighted by Crippen LogP contribution is 2.17. The monoisotopic (exact) mass is 210 g/mol. The fraction of sp³-hybridized carbons (Fsp3) is 0.714. The summed E-state index contributed by atoms with van der Waals surface area (Å²) in [5, 5.41) is 0. The van der Waals surface area contributed by atoms with E-state index >= 15 is 0 Å². The van der Waals surface area contributed by atoms with Gasteiger partial charge >= 0.3 is 0 Å². The summed E-state index contributed by atoms with van der Waals surface area (Å²) >= 11 is 0. The molecule has 1 nitrogen and oxygen atoms in total. The van der Waals surface area contributed by atoms with E-state index in [-0.39, 0.29) is 0 Å². The van der Waals surface area contributed by atoms with E-state index in [0.29, 0.717) is 5.92 Å². The van der Waals surface area contributed by atoms with Gasteiger partial charge in [0, 0.05) is 6.42 Å². The molecule has 0 N–H and O–H groups in total. The van der Waals surface area contributed by atoms with E-state index in [1.165, 1.54) is 17.8 Å². The van der Waals surface area contributed by atoms with Gasteiger partial charge in [0.15, 0.2) is 0 Å². The van der Waals surface area contributed by atoms with Gasteiger partial charge in [0.2, 0.25) is 0 Å². The van der Waals surface area contributed by atoms with Crippen LogP contribution in [0, 0.1) is 5.92 Å². The molecule has 0 amide bonds. The number of rotatable bonds is 8. The SMILES string of the molecule is C=CC(C)CCC(OCCCC)=C(C)C. The van der Waals surface area contributed by atoms with Gasteiger partial charge in [0.25, 0.3) is 0 Å². The number of hydrogen-bond acceptors (Lipinski definition) is 1. The van der Waals surface area contributed by atoms with Crippen LogP contribution < -0.4 is 0 Å². The minimum atomic E-state index is 0.578. The molecule has 1 unspecified atom stereocenters. The molecular weight excluding hydrogens is 184 g/mol. The molecule has 0 saturated heterocycles. The van der Waals surface area contributed by atoms with Crippen LogP contribution >= 0.6 is 0 Å². The summed E-state index contributed by atoms with van der Waals surface area (Å²) in [7, 11) is 0. The van der Waals surface area contributed by atoms with E-state index in [1.807, 2.05) is 6.08 Å². The summed E-state index contributed by atoms with van der Waals surface area (Å²) in [4.78, 5) is 0. The van der Waals surface area contributed by atoms with Crippen LogP contribution in [-0.4, -0.2) is 6.61 Å². The van der Waals surface area contributed by atoms with Crippen molar-refractivity contribution in [2.75, 3.05) is 6.61 Å². The summed E-state index contributed by atoms with van der Waals surface area (Å²) in [6.07, 6.45) is 6.52. The third-order valence-electron chi connectivity index (χ3n) is 2.56. The number of hydrogen-bond donors (Lipinski definition) is 0. The first-order chi connectivity index (χ1) is 7.11. The van der Waals surface area contributed by atoms with Crippen molar-refractivity contribution < 1.29 is 4.74 Å². The molecule has 0 bridgehead atoms. The molecule has 0 fully saturated rings. The van der Waals surface area contributed by atoms with E-state index in [1.54, 1.807) is 0 Å². The number of allylic oxidation sites excluding steroid dienone is 3. The highest BCUT2D eigenvalue weighted by atomic mass is 16.5. The van der Waals surface area contributed by atoms with Crippen LogP contribution in [0.15, 0.2) is 24.0 Å². The lowest BCUT2D eigenvalue weighted by Gasteiger charge is -2.13. The molecule has 0 spiro atoms. The molecular formula is C14H26O. The summed E-state index contributed by atoms with van der Waals surface area (Å²) in [5.41, 5.74) is 1.31. The Hall–Kier alpha value is -0.720. The van der Waals surface area contributed by atoms with E-state index in [0.717, 1.165) is 25.9 Å². The van der Waals surface area contributed by atoms with Crippen LogP contribution in [0.2, 0.25) is 0 Å².